The van der Waals surface area contributed by atoms with Crippen LogP contribution >= 0.6 is 0 Å². The van der Waals surface area contributed by atoms with Crippen molar-refractivity contribution in [2.75, 3.05) is 41.0 Å². The van der Waals surface area contributed by atoms with Crippen molar-refractivity contribution in [2.24, 2.45) is 0 Å². The molecule has 1 amide bonds. The maximum atomic E-state index is 12.4. The zero-order chi connectivity index (χ0) is 17.7. The molecule has 1 atom stereocenters. The number of carbonyl (C=O) groups is 1. The lowest BCUT2D eigenvalue weighted by atomic mass is 10.2. The Morgan fingerprint density at radius 3 is 2.17 bits per heavy atom. The van der Waals surface area contributed by atoms with Crippen molar-refractivity contribution in [1.29, 1.82) is 0 Å². The van der Waals surface area contributed by atoms with Crippen LogP contribution in [0.4, 0.5) is 16.2 Å². The minimum absolute atomic E-state index is 0.0103. The Hall–Kier alpha value is -1.76. The second-order valence-electron chi connectivity index (χ2n) is 5.81. The number of ether oxygens (including phenoxy) is 1. The van der Waals surface area contributed by atoms with Crippen LogP contribution in [-0.2, 0) is 14.6 Å². The number of hydrogen-bond acceptors (Lipinski definition) is 5. The van der Waals surface area contributed by atoms with Crippen LogP contribution in [0.2, 0.25) is 0 Å². The fourth-order valence-corrected chi connectivity index (χ4v) is 4.75. The number of rotatable bonds is 6. The lowest BCUT2D eigenvalue weighted by molar-refractivity contribution is 0.157. The molecule has 0 N–H and O–H groups in total. The average Bonchev–Trinajstić information content (AvgIpc) is 2.90. The van der Waals surface area contributed by atoms with Gasteiger partial charge in [-0.3, -0.25) is 4.90 Å². The predicted octanol–water partition coefficient (Wildman–Crippen LogP) is 2.68. The molecule has 1 aliphatic rings. The monoisotopic (exact) mass is 354 g/mol. The van der Waals surface area contributed by atoms with E-state index in [1.807, 2.05) is 24.3 Å². The number of benzene rings is 1. The van der Waals surface area contributed by atoms with Crippen molar-refractivity contribution in [3.05, 3.63) is 24.3 Å². The van der Waals surface area contributed by atoms with Crippen molar-refractivity contribution >= 4 is 27.3 Å². The highest BCUT2D eigenvalue weighted by atomic mass is 32.2. The Labute approximate surface area is 144 Å². The molecule has 0 spiro atoms. The summed E-state index contributed by atoms with van der Waals surface area (Å²) in [5.41, 5.74) is 1.75. The summed E-state index contributed by atoms with van der Waals surface area (Å²) >= 11 is 0. The summed E-state index contributed by atoms with van der Waals surface area (Å²) in [5.74, 6) is 0.106. The van der Waals surface area contributed by atoms with E-state index in [1.165, 1.54) is 4.90 Å². The molecule has 1 heterocycles. The second kappa shape index (κ2) is 7.88. The second-order valence-corrected chi connectivity index (χ2v) is 8.04. The molecule has 0 aromatic heterocycles. The van der Waals surface area contributed by atoms with Gasteiger partial charge in [0.2, 0.25) is 0 Å². The smallest absolute Gasteiger partial charge is 0.414 e. The van der Waals surface area contributed by atoms with Gasteiger partial charge in [0.25, 0.3) is 0 Å². The van der Waals surface area contributed by atoms with E-state index in [1.54, 1.807) is 6.92 Å². The van der Waals surface area contributed by atoms with Crippen molar-refractivity contribution < 1.29 is 17.9 Å². The molecule has 134 valence electrons. The summed E-state index contributed by atoms with van der Waals surface area (Å²) in [7, 11) is -3.08. The third kappa shape index (κ3) is 4.20. The summed E-state index contributed by atoms with van der Waals surface area (Å²) < 4.78 is 28.7. The standard InChI is InChI=1S/C17H26N2O4S/c1-4-18(5-2)14-7-9-15(10-8-14)19(17(20)23-6-3)16-11-12-24(21,22)13-16/h7-10,16H,4-6,11-13H2,1-3H3. The van der Waals surface area contributed by atoms with Crippen LogP contribution in [0.25, 0.3) is 0 Å². The van der Waals surface area contributed by atoms with E-state index in [0.29, 0.717) is 12.1 Å². The van der Waals surface area contributed by atoms with E-state index < -0.39 is 15.9 Å². The van der Waals surface area contributed by atoms with Crippen molar-refractivity contribution in [1.82, 2.24) is 0 Å². The average molecular weight is 354 g/mol. The van der Waals surface area contributed by atoms with Gasteiger partial charge in [-0.25, -0.2) is 13.2 Å². The highest BCUT2D eigenvalue weighted by Gasteiger charge is 2.36. The van der Waals surface area contributed by atoms with E-state index in [9.17, 15) is 13.2 Å². The van der Waals surface area contributed by atoms with Gasteiger partial charge in [-0.15, -0.1) is 0 Å². The molecule has 1 aromatic carbocycles. The van der Waals surface area contributed by atoms with Gasteiger partial charge in [-0.1, -0.05) is 0 Å². The maximum Gasteiger partial charge on any atom is 0.414 e. The largest absolute Gasteiger partial charge is 0.449 e. The van der Waals surface area contributed by atoms with Crippen LogP contribution in [0.5, 0.6) is 0 Å². The summed E-state index contributed by atoms with van der Waals surface area (Å²) in [5, 5.41) is 0. The van der Waals surface area contributed by atoms with Crippen LogP contribution in [0.1, 0.15) is 27.2 Å². The van der Waals surface area contributed by atoms with Gasteiger partial charge in [0.15, 0.2) is 9.84 Å². The number of carbonyl (C=O) groups excluding carboxylic acids is 1. The number of hydrogen-bond donors (Lipinski definition) is 0. The Bertz CT molecular complexity index is 654. The highest BCUT2D eigenvalue weighted by Crippen LogP contribution is 2.27. The van der Waals surface area contributed by atoms with Crippen LogP contribution in [0, 0.1) is 0 Å². The molecule has 0 bridgehead atoms. The van der Waals surface area contributed by atoms with Crippen LogP contribution < -0.4 is 9.80 Å². The normalized spacial score (nSPS) is 19.0. The van der Waals surface area contributed by atoms with Gasteiger partial charge in [0.1, 0.15) is 0 Å². The van der Waals surface area contributed by atoms with Crippen LogP contribution in [-0.4, -0.2) is 51.8 Å². The predicted molar refractivity (Wildman–Crippen MR) is 96.6 cm³/mol. The number of anilines is 2. The van der Waals surface area contributed by atoms with Gasteiger partial charge in [-0.05, 0) is 51.5 Å². The Balaban J connectivity index is 2.28. The molecule has 1 unspecified atom stereocenters. The van der Waals surface area contributed by atoms with E-state index >= 15 is 0 Å². The minimum atomic E-state index is -3.08. The lowest BCUT2D eigenvalue weighted by Gasteiger charge is -2.28. The van der Waals surface area contributed by atoms with Gasteiger partial charge >= 0.3 is 6.09 Å². The van der Waals surface area contributed by atoms with E-state index in [4.69, 9.17) is 4.74 Å². The molecule has 0 aliphatic carbocycles. The van der Waals surface area contributed by atoms with E-state index in [2.05, 4.69) is 18.7 Å². The summed E-state index contributed by atoms with van der Waals surface area (Å²) in [4.78, 5) is 16.1. The molecule has 7 heteroatoms. The zero-order valence-corrected chi connectivity index (χ0v) is 15.4. The van der Waals surface area contributed by atoms with Gasteiger partial charge in [-0.2, -0.15) is 0 Å². The van der Waals surface area contributed by atoms with Gasteiger partial charge in [0, 0.05) is 24.5 Å². The van der Waals surface area contributed by atoms with Crippen molar-refractivity contribution in [3.63, 3.8) is 0 Å². The number of amides is 1. The quantitative estimate of drug-likeness (QED) is 0.786. The minimum Gasteiger partial charge on any atom is -0.449 e. The molecule has 1 saturated heterocycles. The summed E-state index contributed by atoms with van der Waals surface area (Å²) in [6.45, 7) is 7.98. The molecule has 1 aliphatic heterocycles. The molecule has 2 rings (SSSR count). The maximum absolute atomic E-state index is 12.4. The third-order valence-corrected chi connectivity index (χ3v) is 6.04. The first kappa shape index (κ1) is 18.6. The van der Waals surface area contributed by atoms with Crippen molar-refractivity contribution in [2.45, 2.75) is 33.2 Å². The first-order valence-electron chi connectivity index (χ1n) is 8.43. The van der Waals surface area contributed by atoms with Gasteiger partial charge < -0.3 is 9.64 Å². The summed E-state index contributed by atoms with van der Waals surface area (Å²) in [6.07, 6.45) is -0.0472. The third-order valence-electron chi connectivity index (χ3n) is 4.29. The fraction of sp³-hybridized carbons (Fsp3) is 0.588. The molecule has 1 fully saturated rings. The van der Waals surface area contributed by atoms with Gasteiger partial charge in [0.05, 0.1) is 24.2 Å². The van der Waals surface area contributed by atoms with Crippen LogP contribution in [0.15, 0.2) is 24.3 Å². The summed E-state index contributed by atoms with van der Waals surface area (Å²) in [6, 6.07) is 7.26. The molecular weight excluding hydrogens is 328 g/mol. The number of nitrogens with zero attached hydrogens (tertiary/aromatic N) is 2. The number of sulfone groups is 1. The fourth-order valence-electron chi connectivity index (χ4n) is 3.05. The molecule has 6 nitrogen and oxygen atoms in total. The highest BCUT2D eigenvalue weighted by molar-refractivity contribution is 7.91. The zero-order valence-electron chi connectivity index (χ0n) is 14.6. The molecule has 0 radical (unpaired) electrons. The molecule has 24 heavy (non-hydrogen) atoms. The molecular formula is C17H26N2O4S. The Morgan fingerprint density at radius 2 is 1.71 bits per heavy atom. The Morgan fingerprint density at radius 1 is 1.12 bits per heavy atom. The first-order chi connectivity index (χ1) is 11.4. The van der Waals surface area contributed by atoms with E-state index in [-0.39, 0.29) is 24.2 Å². The Kier molecular flexibility index (Phi) is 6.10. The van der Waals surface area contributed by atoms with Crippen LogP contribution in [0.3, 0.4) is 0 Å². The first-order valence-corrected chi connectivity index (χ1v) is 10.2. The lowest BCUT2D eigenvalue weighted by Crippen LogP contribution is -2.41. The van der Waals surface area contributed by atoms with Crippen molar-refractivity contribution in [3.8, 4) is 0 Å². The van der Waals surface area contributed by atoms with E-state index in [0.717, 1.165) is 18.8 Å². The molecule has 1 aromatic rings. The SMILES string of the molecule is CCOC(=O)N(c1ccc(N(CC)CC)cc1)C1CCS(=O)(=O)C1. The molecule has 0 saturated carbocycles. The topological polar surface area (TPSA) is 66.9 Å².